The summed E-state index contributed by atoms with van der Waals surface area (Å²) in [5, 5.41) is 1.02. The summed E-state index contributed by atoms with van der Waals surface area (Å²) in [6, 6.07) is 20.8. The van der Waals surface area contributed by atoms with Crippen LogP contribution in [0, 0.1) is 0 Å². The molecular weight excluding hydrogens is 276 g/mol. The molecule has 2 aromatic carbocycles. The first kappa shape index (κ1) is 12.2. The van der Waals surface area contributed by atoms with Crippen molar-refractivity contribution in [3.8, 4) is 21.7 Å². The van der Waals surface area contributed by atoms with Gasteiger partial charge in [-0.1, -0.05) is 36.4 Å². The van der Waals surface area contributed by atoms with Gasteiger partial charge in [-0.25, -0.2) is 4.98 Å². The Morgan fingerprint density at radius 1 is 0.762 bits per heavy atom. The van der Waals surface area contributed by atoms with Crippen molar-refractivity contribution < 1.29 is 0 Å². The Kier molecular flexibility index (Phi) is 2.98. The minimum absolute atomic E-state index is 1.02. The molecule has 0 saturated heterocycles. The number of nitrogens with zero attached hydrogens (tertiary/aromatic N) is 2. The number of hydrogen-bond acceptors (Lipinski definition) is 3. The minimum Gasteiger partial charge on any atom is -0.264 e. The Morgan fingerprint density at radius 2 is 1.62 bits per heavy atom. The molecule has 4 aromatic rings. The van der Waals surface area contributed by atoms with Gasteiger partial charge >= 0.3 is 0 Å². The fraction of sp³-hybridized carbons (Fsp3) is 0. The van der Waals surface area contributed by atoms with E-state index < -0.39 is 0 Å². The zero-order chi connectivity index (χ0) is 14.1. The first-order valence-electron chi connectivity index (χ1n) is 6.76. The number of aromatic nitrogens is 2. The lowest BCUT2D eigenvalue weighted by molar-refractivity contribution is 1.32. The third-order valence-corrected chi connectivity index (χ3v) is 4.47. The smallest absolute Gasteiger partial charge is 0.126 e. The average molecular weight is 288 g/mol. The van der Waals surface area contributed by atoms with Crippen molar-refractivity contribution in [1.29, 1.82) is 0 Å². The second-order valence-corrected chi connectivity index (χ2v) is 5.84. The summed E-state index contributed by atoms with van der Waals surface area (Å²) in [6.45, 7) is 0. The molecule has 0 aliphatic rings. The van der Waals surface area contributed by atoms with Crippen LogP contribution in [0.2, 0.25) is 0 Å². The van der Waals surface area contributed by atoms with Crippen molar-refractivity contribution in [3.05, 3.63) is 73.1 Å². The minimum atomic E-state index is 1.02. The fourth-order valence-corrected chi connectivity index (χ4v) is 3.34. The van der Waals surface area contributed by atoms with Gasteiger partial charge in [0.15, 0.2) is 0 Å². The molecule has 2 nitrogen and oxygen atoms in total. The van der Waals surface area contributed by atoms with Crippen LogP contribution in [0.25, 0.3) is 31.9 Å². The molecule has 0 unspecified atom stereocenters. The van der Waals surface area contributed by atoms with Crippen molar-refractivity contribution >= 4 is 21.6 Å². The zero-order valence-electron chi connectivity index (χ0n) is 11.2. The maximum atomic E-state index is 4.70. The van der Waals surface area contributed by atoms with E-state index in [0.717, 1.165) is 16.1 Å². The van der Waals surface area contributed by atoms with E-state index in [9.17, 15) is 0 Å². The van der Waals surface area contributed by atoms with Gasteiger partial charge in [0.2, 0.25) is 0 Å². The van der Waals surface area contributed by atoms with Gasteiger partial charge in [-0.3, -0.25) is 4.98 Å². The van der Waals surface area contributed by atoms with Crippen LogP contribution in [0.3, 0.4) is 0 Å². The number of fused-ring (bicyclic) bond motifs is 1. The topological polar surface area (TPSA) is 25.8 Å². The molecule has 21 heavy (non-hydrogen) atoms. The molecule has 0 spiro atoms. The summed E-state index contributed by atoms with van der Waals surface area (Å²) in [5.41, 5.74) is 4.57. The van der Waals surface area contributed by atoms with Gasteiger partial charge in [-0.2, -0.15) is 0 Å². The first-order chi connectivity index (χ1) is 10.4. The number of benzene rings is 2. The van der Waals surface area contributed by atoms with Gasteiger partial charge in [0, 0.05) is 18.0 Å². The van der Waals surface area contributed by atoms with E-state index in [4.69, 9.17) is 4.98 Å². The molecule has 3 heteroatoms. The lowest BCUT2D eigenvalue weighted by Crippen LogP contribution is -1.77. The molecule has 2 aromatic heterocycles. The van der Waals surface area contributed by atoms with E-state index in [1.807, 2.05) is 24.4 Å². The van der Waals surface area contributed by atoms with E-state index in [1.54, 1.807) is 17.5 Å². The maximum absolute atomic E-state index is 4.70. The van der Waals surface area contributed by atoms with Crippen molar-refractivity contribution in [1.82, 2.24) is 9.97 Å². The lowest BCUT2D eigenvalue weighted by Gasteiger charge is -2.00. The summed E-state index contributed by atoms with van der Waals surface area (Å²) in [4.78, 5) is 8.86. The summed E-state index contributed by atoms with van der Waals surface area (Å²) >= 11 is 1.71. The van der Waals surface area contributed by atoms with E-state index in [2.05, 4.69) is 47.4 Å². The largest absolute Gasteiger partial charge is 0.264 e. The molecule has 4 rings (SSSR count). The molecule has 0 fully saturated rings. The molecule has 0 amide bonds. The van der Waals surface area contributed by atoms with Crippen molar-refractivity contribution in [2.45, 2.75) is 0 Å². The second-order valence-electron chi connectivity index (χ2n) is 4.81. The van der Waals surface area contributed by atoms with E-state index in [0.29, 0.717) is 0 Å². The monoisotopic (exact) mass is 288 g/mol. The van der Waals surface area contributed by atoms with E-state index >= 15 is 0 Å². The van der Waals surface area contributed by atoms with E-state index in [1.165, 1.54) is 15.8 Å². The highest BCUT2D eigenvalue weighted by Gasteiger charge is 2.07. The standard InChI is InChI=1S/C18H12N2S/c1-2-5-13(6-3-1)14-8-9-16-17(11-14)21-18(20-16)15-7-4-10-19-12-15/h1-12H. The fourth-order valence-electron chi connectivity index (χ4n) is 2.35. The van der Waals surface area contributed by atoms with Crippen molar-refractivity contribution in [2.24, 2.45) is 0 Å². The molecule has 0 saturated carbocycles. The van der Waals surface area contributed by atoms with Crippen LogP contribution in [0.15, 0.2) is 73.1 Å². The molecule has 0 aliphatic heterocycles. The number of rotatable bonds is 2. The number of pyridine rings is 1. The summed E-state index contributed by atoms with van der Waals surface area (Å²) < 4.78 is 1.20. The van der Waals surface area contributed by atoms with Crippen LogP contribution in [-0.4, -0.2) is 9.97 Å². The Bertz CT molecular complexity index is 845. The maximum Gasteiger partial charge on any atom is 0.126 e. The normalized spacial score (nSPS) is 10.9. The molecule has 0 bridgehead atoms. The summed E-state index contributed by atoms with van der Waals surface area (Å²) in [5.74, 6) is 0. The molecule has 0 atom stereocenters. The van der Waals surface area contributed by atoms with Gasteiger partial charge in [0.25, 0.3) is 0 Å². The van der Waals surface area contributed by atoms with Gasteiger partial charge < -0.3 is 0 Å². The molecular formula is C18H12N2S. The Morgan fingerprint density at radius 3 is 2.43 bits per heavy atom. The molecule has 0 radical (unpaired) electrons. The van der Waals surface area contributed by atoms with Crippen LogP contribution in [0.1, 0.15) is 0 Å². The Hall–Kier alpha value is -2.52. The van der Waals surface area contributed by atoms with Crippen LogP contribution in [0.5, 0.6) is 0 Å². The third kappa shape index (κ3) is 2.32. The lowest BCUT2D eigenvalue weighted by atomic mass is 10.1. The number of thiazole rings is 1. The van der Waals surface area contributed by atoms with Crippen molar-refractivity contribution in [3.63, 3.8) is 0 Å². The summed E-state index contributed by atoms with van der Waals surface area (Å²) in [6.07, 6.45) is 3.64. The van der Waals surface area contributed by atoms with Crippen LogP contribution in [-0.2, 0) is 0 Å². The molecule has 0 N–H and O–H groups in total. The van der Waals surface area contributed by atoms with Crippen molar-refractivity contribution in [2.75, 3.05) is 0 Å². The average Bonchev–Trinajstić information content (AvgIpc) is 2.99. The quantitative estimate of drug-likeness (QED) is 0.517. The first-order valence-corrected chi connectivity index (χ1v) is 7.58. The van der Waals surface area contributed by atoms with Crippen LogP contribution < -0.4 is 0 Å². The van der Waals surface area contributed by atoms with Gasteiger partial charge in [-0.15, -0.1) is 11.3 Å². The molecule has 0 aliphatic carbocycles. The zero-order valence-corrected chi connectivity index (χ0v) is 12.0. The Labute approximate surface area is 126 Å². The van der Waals surface area contributed by atoms with E-state index in [-0.39, 0.29) is 0 Å². The van der Waals surface area contributed by atoms with Gasteiger partial charge in [-0.05, 0) is 35.4 Å². The highest BCUT2D eigenvalue weighted by Crippen LogP contribution is 2.32. The van der Waals surface area contributed by atoms with Crippen LogP contribution in [0.4, 0.5) is 0 Å². The SMILES string of the molecule is c1ccc(-c2ccc3nc(-c4cccnc4)sc3c2)cc1. The number of hydrogen-bond donors (Lipinski definition) is 0. The highest BCUT2D eigenvalue weighted by atomic mass is 32.1. The summed E-state index contributed by atoms with van der Waals surface area (Å²) in [7, 11) is 0. The van der Waals surface area contributed by atoms with Gasteiger partial charge in [0.05, 0.1) is 10.2 Å². The van der Waals surface area contributed by atoms with Crippen LogP contribution >= 0.6 is 11.3 Å². The Balaban J connectivity index is 1.82. The van der Waals surface area contributed by atoms with Gasteiger partial charge in [0.1, 0.15) is 5.01 Å². The predicted octanol–water partition coefficient (Wildman–Crippen LogP) is 5.03. The second kappa shape index (κ2) is 5.11. The highest BCUT2D eigenvalue weighted by molar-refractivity contribution is 7.21. The molecule has 2 heterocycles. The molecule has 100 valence electrons. The third-order valence-electron chi connectivity index (χ3n) is 3.40. The predicted molar refractivity (Wildman–Crippen MR) is 88.3 cm³/mol.